The number of ether oxygens (including phenoxy) is 2. The molecule has 0 spiro atoms. The molecule has 0 N–H and O–H groups in total. The average molecular weight is 1110 g/mol. The molecule has 0 saturated carbocycles. The fraction of sp³-hybridized carbons (Fsp3) is 0.0500. The smallest absolute Gasteiger partial charge is 0.0721 e. The highest BCUT2D eigenvalue weighted by Crippen LogP contribution is 2.43. The monoisotopic (exact) mass is 1110 g/mol. The first kappa shape index (κ1) is 53.3. The van der Waals surface area contributed by atoms with Crippen molar-refractivity contribution in [2.75, 3.05) is 9.80 Å². The first-order valence-corrected chi connectivity index (χ1v) is 29.3. The summed E-state index contributed by atoms with van der Waals surface area (Å²) in [6.45, 7) is 9.85. The summed E-state index contributed by atoms with van der Waals surface area (Å²) in [4.78, 5) is 4.72. The Morgan fingerprint density at radius 2 is 0.570 bits per heavy atom. The van der Waals surface area contributed by atoms with E-state index in [1.165, 1.54) is 32.6 Å². The van der Waals surface area contributed by atoms with E-state index in [1.807, 2.05) is 12.2 Å². The van der Waals surface area contributed by atoms with Gasteiger partial charge in [-0.1, -0.05) is 195 Å². The number of fused-ring (bicyclic) bond motifs is 6. The van der Waals surface area contributed by atoms with Crippen LogP contribution in [0, 0.1) is 0 Å². The van der Waals surface area contributed by atoms with Crippen LogP contribution in [0.1, 0.15) is 33.4 Å². The van der Waals surface area contributed by atoms with Gasteiger partial charge in [-0.2, -0.15) is 0 Å². The van der Waals surface area contributed by atoms with Gasteiger partial charge < -0.3 is 28.4 Å². The molecule has 0 aliphatic rings. The van der Waals surface area contributed by atoms with Crippen LogP contribution in [0.3, 0.4) is 0 Å². The van der Waals surface area contributed by atoms with Gasteiger partial charge in [-0.05, 0) is 166 Å². The maximum Gasteiger partial charge on any atom is 0.0721 e. The second kappa shape index (κ2) is 23.8. The van der Waals surface area contributed by atoms with Crippen LogP contribution in [0.25, 0.3) is 78.3 Å². The Kier molecular flexibility index (Phi) is 14.8. The molecule has 2 aromatic heterocycles. The number of nitrogens with zero attached hydrogens (tertiary/aromatic N) is 4. The summed E-state index contributed by atoms with van der Waals surface area (Å²) in [6, 6.07) is 105. The molecular weight excluding hydrogens is 1050 g/mol. The van der Waals surface area contributed by atoms with Gasteiger partial charge in [-0.25, -0.2) is 0 Å². The Balaban J connectivity index is 0.791. The Labute approximate surface area is 502 Å². The summed E-state index contributed by atoms with van der Waals surface area (Å²) < 4.78 is 17.2. The van der Waals surface area contributed by atoms with E-state index in [0.29, 0.717) is 26.4 Å². The molecule has 86 heavy (non-hydrogen) atoms. The van der Waals surface area contributed by atoms with Crippen molar-refractivity contribution in [1.29, 1.82) is 0 Å². The van der Waals surface area contributed by atoms with Crippen LogP contribution < -0.4 is 9.80 Å². The van der Waals surface area contributed by atoms with E-state index in [9.17, 15) is 0 Å². The largest absolute Gasteiger partial charge is 0.372 e. The first-order chi connectivity index (χ1) is 42.5. The minimum atomic E-state index is 0.504. The van der Waals surface area contributed by atoms with Crippen LogP contribution in [-0.2, 0) is 35.9 Å². The van der Waals surface area contributed by atoms with Crippen molar-refractivity contribution in [2.45, 2.75) is 26.4 Å². The molecule has 14 aromatic rings. The zero-order valence-corrected chi connectivity index (χ0v) is 47.7. The van der Waals surface area contributed by atoms with Crippen molar-refractivity contribution in [3.05, 3.63) is 338 Å². The van der Waals surface area contributed by atoms with E-state index in [-0.39, 0.29) is 0 Å². The van der Waals surface area contributed by atoms with Crippen LogP contribution in [0.4, 0.5) is 34.1 Å². The van der Waals surface area contributed by atoms with E-state index >= 15 is 0 Å². The third-order valence-electron chi connectivity index (χ3n) is 16.3. The van der Waals surface area contributed by atoms with Gasteiger partial charge in [0.1, 0.15) is 0 Å². The first-order valence-electron chi connectivity index (χ1n) is 29.3. The zero-order valence-electron chi connectivity index (χ0n) is 47.7. The molecule has 6 heteroatoms. The third kappa shape index (κ3) is 10.7. The summed E-state index contributed by atoms with van der Waals surface area (Å²) in [6.07, 6.45) is 3.72. The molecule has 0 aliphatic heterocycles. The maximum absolute atomic E-state index is 6.22. The van der Waals surface area contributed by atoms with Crippen LogP contribution in [0.2, 0.25) is 0 Å². The molecule has 2 heterocycles. The van der Waals surface area contributed by atoms with Crippen LogP contribution >= 0.6 is 0 Å². The van der Waals surface area contributed by atoms with Gasteiger partial charge in [0, 0.05) is 67.0 Å². The highest BCUT2D eigenvalue weighted by molar-refractivity contribution is 6.12. The molecule has 0 fully saturated rings. The molecule has 12 aromatic carbocycles. The van der Waals surface area contributed by atoms with E-state index in [2.05, 4.69) is 323 Å². The van der Waals surface area contributed by atoms with Gasteiger partial charge >= 0.3 is 0 Å². The van der Waals surface area contributed by atoms with Crippen molar-refractivity contribution in [2.24, 2.45) is 0 Å². The van der Waals surface area contributed by atoms with E-state index in [4.69, 9.17) is 9.47 Å². The average Bonchev–Trinajstić information content (AvgIpc) is 2.05. The molecule has 414 valence electrons. The van der Waals surface area contributed by atoms with Crippen molar-refractivity contribution >= 4 is 89.9 Å². The number of hydrogen-bond acceptors (Lipinski definition) is 4. The van der Waals surface area contributed by atoms with Crippen LogP contribution in [0.5, 0.6) is 0 Å². The number of anilines is 6. The standard InChI is InChI=1S/C80H62N4O2/c1-3-57-23-27-59(28-24-57)53-85-55-61-31-39-67(40-32-61)81(71-47-49-79-75(51-71)73-19-11-13-21-77(73)83(79)65-15-7-5-8-16-65)69-43-35-63(36-44-69)64-37-45-70(46-38-64)82(68-41-33-62(34-42-68)56-86-54-60-29-25-58(4-2)26-30-60)72-48-50-80-76(52-72)74-20-12-14-22-78(74)84(80)66-17-9-6-10-18-66/h3-52H,1-2,53-56H2. The second-order valence-electron chi connectivity index (χ2n) is 21.8. The summed E-state index contributed by atoms with van der Waals surface area (Å²) in [5.74, 6) is 0. The minimum absolute atomic E-state index is 0.504. The number of para-hydroxylation sites is 4. The normalized spacial score (nSPS) is 11.4. The Morgan fingerprint density at radius 1 is 0.279 bits per heavy atom. The van der Waals surface area contributed by atoms with E-state index < -0.39 is 0 Å². The molecule has 6 nitrogen and oxygen atoms in total. The van der Waals surface area contributed by atoms with Crippen molar-refractivity contribution in [3.8, 4) is 22.5 Å². The fourth-order valence-electron chi connectivity index (χ4n) is 12.0. The number of hydrogen-bond donors (Lipinski definition) is 0. The van der Waals surface area contributed by atoms with Crippen molar-refractivity contribution < 1.29 is 9.47 Å². The van der Waals surface area contributed by atoms with Gasteiger partial charge in [0.2, 0.25) is 0 Å². The predicted octanol–water partition coefficient (Wildman–Crippen LogP) is 21.2. The molecule has 0 atom stereocenters. The second-order valence-corrected chi connectivity index (χ2v) is 21.8. The number of rotatable bonds is 19. The zero-order chi connectivity index (χ0) is 57.8. The lowest BCUT2D eigenvalue weighted by atomic mass is 10.0. The Hall–Kier alpha value is -10.8. The quantitative estimate of drug-likeness (QED) is 0.0808. The Bertz CT molecular complexity index is 4380. The lowest BCUT2D eigenvalue weighted by molar-refractivity contribution is 0.107. The lowest BCUT2D eigenvalue weighted by Crippen LogP contribution is -2.10. The molecule has 0 aliphatic carbocycles. The van der Waals surface area contributed by atoms with Gasteiger partial charge in [0.25, 0.3) is 0 Å². The van der Waals surface area contributed by atoms with E-state index in [0.717, 1.165) is 101 Å². The highest BCUT2D eigenvalue weighted by atomic mass is 16.5. The SMILES string of the molecule is C=Cc1ccc(COCc2ccc(N(c3ccc(-c4ccc(N(c5ccc(COCc6ccc(C=C)cc6)cc5)c5ccc6c(c5)c5ccccc5n6-c5ccccc5)cc4)cc3)c3ccc4c(c3)c3ccccc3n4-c3ccccc3)cc2)cc1. The highest BCUT2D eigenvalue weighted by Gasteiger charge is 2.21. The topological polar surface area (TPSA) is 34.8 Å². The predicted molar refractivity (Wildman–Crippen MR) is 360 cm³/mol. The number of aromatic nitrogens is 2. The van der Waals surface area contributed by atoms with E-state index in [1.54, 1.807) is 0 Å². The van der Waals surface area contributed by atoms with Gasteiger partial charge in [-0.15, -0.1) is 0 Å². The van der Waals surface area contributed by atoms with Gasteiger partial charge in [0.15, 0.2) is 0 Å². The summed E-state index contributed by atoms with van der Waals surface area (Å²) in [7, 11) is 0. The molecule has 0 unspecified atom stereocenters. The minimum Gasteiger partial charge on any atom is -0.372 e. The fourth-order valence-corrected chi connectivity index (χ4v) is 12.0. The lowest BCUT2D eigenvalue weighted by Gasteiger charge is -2.27. The Morgan fingerprint density at radius 3 is 0.919 bits per heavy atom. The third-order valence-corrected chi connectivity index (χ3v) is 16.3. The molecule has 0 bridgehead atoms. The molecule has 14 rings (SSSR count). The van der Waals surface area contributed by atoms with Crippen LogP contribution in [-0.4, -0.2) is 9.13 Å². The van der Waals surface area contributed by atoms with Gasteiger partial charge in [-0.3, -0.25) is 0 Å². The maximum atomic E-state index is 6.22. The van der Waals surface area contributed by atoms with Crippen LogP contribution in [0.15, 0.2) is 304 Å². The molecule has 0 radical (unpaired) electrons. The number of benzene rings is 12. The summed E-state index contributed by atoms with van der Waals surface area (Å²) >= 11 is 0. The van der Waals surface area contributed by atoms with Gasteiger partial charge in [0.05, 0.1) is 48.5 Å². The molecule has 0 saturated heterocycles. The molecular formula is C80H62N4O2. The van der Waals surface area contributed by atoms with Crippen molar-refractivity contribution in [1.82, 2.24) is 9.13 Å². The molecule has 0 amide bonds. The summed E-state index contributed by atoms with van der Waals surface area (Å²) in [5, 5.41) is 4.79. The summed E-state index contributed by atoms with van der Waals surface area (Å²) in [5.41, 5.74) is 22.2. The van der Waals surface area contributed by atoms with Crippen molar-refractivity contribution in [3.63, 3.8) is 0 Å².